The Morgan fingerprint density at radius 1 is 1.11 bits per heavy atom. The monoisotopic (exact) mass is 391 g/mol. The lowest BCUT2D eigenvalue weighted by Crippen LogP contribution is -2.53. The minimum Gasteiger partial charge on any atom is -0.459 e. The zero-order valence-electron chi connectivity index (χ0n) is 17.8. The smallest absolute Gasteiger partial charge is 0.289 e. The van der Waals surface area contributed by atoms with Crippen molar-refractivity contribution in [3.8, 4) is 0 Å². The SMILES string of the molecule is CCCN(CCC)CCCN=C(NCC)N1CCN(C(=O)c2ccco2)CC1. The van der Waals surface area contributed by atoms with Gasteiger partial charge in [-0.05, 0) is 58.0 Å². The summed E-state index contributed by atoms with van der Waals surface area (Å²) in [6.45, 7) is 14.6. The number of amides is 1. The number of nitrogens with zero attached hydrogens (tertiary/aromatic N) is 4. The fourth-order valence-electron chi connectivity index (χ4n) is 3.55. The lowest BCUT2D eigenvalue weighted by Gasteiger charge is -2.36. The summed E-state index contributed by atoms with van der Waals surface area (Å²) >= 11 is 0. The van der Waals surface area contributed by atoms with Crippen molar-refractivity contribution in [1.82, 2.24) is 20.0 Å². The van der Waals surface area contributed by atoms with E-state index in [0.717, 1.165) is 45.1 Å². The van der Waals surface area contributed by atoms with Crippen molar-refractivity contribution >= 4 is 11.9 Å². The van der Waals surface area contributed by atoms with Gasteiger partial charge in [0.2, 0.25) is 0 Å². The van der Waals surface area contributed by atoms with Crippen LogP contribution in [0.3, 0.4) is 0 Å². The van der Waals surface area contributed by atoms with Gasteiger partial charge in [-0.2, -0.15) is 0 Å². The molecule has 28 heavy (non-hydrogen) atoms. The van der Waals surface area contributed by atoms with E-state index in [9.17, 15) is 4.79 Å². The topological polar surface area (TPSA) is 64.3 Å². The molecule has 1 aliphatic rings. The molecule has 0 atom stereocenters. The largest absolute Gasteiger partial charge is 0.459 e. The fraction of sp³-hybridized carbons (Fsp3) is 0.714. The average Bonchev–Trinajstić information content (AvgIpc) is 3.25. The summed E-state index contributed by atoms with van der Waals surface area (Å²) in [7, 11) is 0. The van der Waals surface area contributed by atoms with Crippen molar-refractivity contribution in [2.75, 3.05) is 58.9 Å². The van der Waals surface area contributed by atoms with Crippen LogP contribution < -0.4 is 5.32 Å². The van der Waals surface area contributed by atoms with Gasteiger partial charge in [0.15, 0.2) is 11.7 Å². The minimum absolute atomic E-state index is 0.0291. The summed E-state index contributed by atoms with van der Waals surface area (Å²) in [4.78, 5) is 23.9. The molecule has 0 aliphatic carbocycles. The van der Waals surface area contributed by atoms with E-state index in [4.69, 9.17) is 9.41 Å². The number of furan rings is 1. The molecule has 2 rings (SSSR count). The van der Waals surface area contributed by atoms with Crippen LogP contribution in [0.2, 0.25) is 0 Å². The maximum atomic E-state index is 12.4. The van der Waals surface area contributed by atoms with Gasteiger partial charge in [0.05, 0.1) is 6.26 Å². The molecule has 1 aromatic rings. The molecule has 7 heteroatoms. The summed E-state index contributed by atoms with van der Waals surface area (Å²) in [6.07, 6.45) is 5.02. The highest BCUT2D eigenvalue weighted by atomic mass is 16.3. The predicted octanol–water partition coefficient (Wildman–Crippen LogP) is 2.52. The van der Waals surface area contributed by atoms with Gasteiger partial charge >= 0.3 is 0 Å². The number of hydrogen-bond acceptors (Lipinski definition) is 4. The second kappa shape index (κ2) is 12.4. The summed E-state index contributed by atoms with van der Waals surface area (Å²) in [6, 6.07) is 3.47. The molecule has 7 nitrogen and oxygen atoms in total. The van der Waals surface area contributed by atoms with E-state index < -0.39 is 0 Å². The maximum absolute atomic E-state index is 12.4. The van der Waals surface area contributed by atoms with Crippen molar-refractivity contribution in [2.24, 2.45) is 4.99 Å². The molecule has 158 valence electrons. The van der Waals surface area contributed by atoms with Gasteiger partial charge < -0.3 is 24.4 Å². The molecule has 0 aromatic carbocycles. The van der Waals surface area contributed by atoms with Crippen LogP contribution in [0.25, 0.3) is 0 Å². The molecule has 0 unspecified atom stereocenters. The fourth-order valence-corrected chi connectivity index (χ4v) is 3.55. The lowest BCUT2D eigenvalue weighted by molar-refractivity contribution is 0.0657. The minimum atomic E-state index is -0.0291. The molecule has 2 heterocycles. The number of carbonyl (C=O) groups is 1. The van der Waals surface area contributed by atoms with E-state index in [1.165, 1.54) is 25.9 Å². The van der Waals surface area contributed by atoms with Gasteiger partial charge in [0, 0.05) is 39.3 Å². The molecule has 0 radical (unpaired) electrons. The van der Waals surface area contributed by atoms with Gasteiger partial charge in [-0.25, -0.2) is 0 Å². The third kappa shape index (κ3) is 6.86. The second-order valence-electron chi connectivity index (χ2n) is 7.19. The van der Waals surface area contributed by atoms with Crippen molar-refractivity contribution in [3.05, 3.63) is 24.2 Å². The number of carbonyl (C=O) groups excluding carboxylic acids is 1. The Morgan fingerprint density at radius 2 is 1.79 bits per heavy atom. The van der Waals surface area contributed by atoms with E-state index in [-0.39, 0.29) is 5.91 Å². The van der Waals surface area contributed by atoms with Gasteiger partial charge in [-0.3, -0.25) is 9.79 Å². The molecule has 1 amide bonds. The van der Waals surface area contributed by atoms with Crippen LogP contribution in [0.1, 0.15) is 50.6 Å². The first kappa shape index (κ1) is 22.3. The van der Waals surface area contributed by atoms with Crippen LogP contribution in [-0.4, -0.2) is 85.5 Å². The Kier molecular flexibility index (Phi) is 9.90. The number of aliphatic imine (C=N–C) groups is 1. The molecule has 0 saturated carbocycles. The van der Waals surface area contributed by atoms with Crippen LogP contribution in [0, 0.1) is 0 Å². The molecular weight excluding hydrogens is 354 g/mol. The van der Waals surface area contributed by atoms with E-state index in [0.29, 0.717) is 18.8 Å². The van der Waals surface area contributed by atoms with Gasteiger partial charge in [0.1, 0.15) is 0 Å². The van der Waals surface area contributed by atoms with Crippen molar-refractivity contribution in [3.63, 3.8) is 0 Å². The zero-order chi connectivity index (χ0) is 20.2. The lowest BCUT2D eigenvalue weighted by atomic mass is 10.3. The molecule has 1 aromatic heterocycles. The highest BCUT2D eigenvalue weighted by Gasteiger charge is 2.25. The van der Waals surface area contributed by atoms with Crippen molar-refractivity contribution in [1.29, 1.82) is 0 Å². The highest BCUT2D eigenvalue weighted by molar-refractivity contribution is 5.91. The number of piperazine rings is 1. The Labute approximate surface area is 169 Å². The summed E-state index contributed by atoms with van der Waals surface area (Å²) in [5.41, 5.74) is 0. The van der Waals surface area contributed by atoms with Crippen LogP contribution in [-0.2, 0) is 0 Å². The zero-order valence-corrected chi connectivity index (χ0v) is 17.8. The molecular formula is C21H37N5O2. The Morgan fingerprint density at radius 3 is 2.36 bits per heavy atom. The van der Waals surface area contributed by atoms with Crippen LogP contribution >= 0.6 is 0 Å². The molecule has 0 spiro atoms. The Bertz CT molecular complexity index is 574. The van der Waals surface area contributed by atoms with E-state index in [1.54, 1.807) is 18.4 Å². The first-order valence-electron chi connectivity index (χ1n) is 10.8. The van der Waals surface area contributed by atoms with Crippen molar-refractivity contribution in [2.45, 2.75) is 40.0 Å². The highest BCUT2D eigenvalue weighted by Crippen LogP contribution is 2.09. The number of nitrogens with one attached hydrogen (secondary N) is 1. The predicted molar refractivity (Wildman–Crippen MR) is 114 cm³/mol. The standard InChI is InChI=1S/C21H37N5O2/c1-4-11-24(12-5-2)13-8-10-23-21(22-6-3)26-16-14-25(15-17-26)20(27)19-9-7-18-28-19/h7,9,18H,4-6,8,10-17H2,1-3H3,(H,22,23). The third-order valence-electron chi connectivity index (χ3n) is 4.91. The van der Waals surface area contributed by atoms with Gasteiger partial charge in [0.25, 0.3) is 5.91 Å². The molecule has 0 bridgehead atoms. The Balaban J connectivity index is 1.81. The molecule has 1 saturated heterocycles. The molecule has 1 fully saturated rings. The summed E-state index contributed by atoms with van der Waals surface area (Å²) in [5.74, 6) is 1.35. The summed E-state index contributed by atoms with van der Waals surface area (Å²) in [5, 5.41) is 3.40. The first-order valence-corrected chi connectivity index (χ1v) is 10.8. The second-order valence-corrected chi connectivity index (χ2v) is 7.19. The molecule has 1 aliphatic heterocycles. The Hall–Kier alpha value is -2.02. The summed E-state index contributed by atoms with van der Waals surface area (Å²) < 4.78 is 5.24. The van der Waals surface area contributed by atoms with Crippen LogP contribution in [0.4, 0.5) is 0 Å². The number of rotatable bonds is 10. The maximum Gasteiger partial charge on any atom is 0.289 e. The third-order valence-corrected chi connectivity index (χ3v) is 4.91. The van der Waals surface area contributed by atoms with E-state index in [1.807, 2.05) is 4.90 Å². The normalized spacial score (nSPS) is 15.4. The first-order chi connectivity index (χ1) is 13.7. The average molecular weight is 392 g/mol. The van der Waals surface area contributed by atoms with E-state index in [2.05, 4.69) is 35.9 Å². The molecule has 1 N–H and O–H groups in total. The van der Waals surface area contributed by atoms with E-state index >= 15 is 0 Å². The van der Waals surface area contributed by atoms with Gasteiger partial charge in [-0.15, -0.1) is 0 Å². The van der Waals surface area contributed by atoms with Gasteiger partial charge in [-0.1, -0.05) is 13.8 Å². The van der Waals surface area contributed by atoms with Crippen LogP contribution in [0.15, 0.2) is 27.8 Å². The van der Waals surface area contributed by atoms with Crippen LogP contribution in [0.5, 0.6) is 0 Å². The quantitative estimate of drug-likeness (QED) is 0.377. The number of guanidine groups is 1. The van der Waals surface area contributed by atoms with Crippen molar-refractivity contribution < 1.29 is 9.21 Å². The number of hydrogen-bond donors (Lipinski definition) is 1.